The molecule has 0 amide bonds. The number of rotatable bonds is 2. The van der Waals surface area contributed by atoms with E-state index in [0.29, 0.717) is 0 Å². The van der Waals surface area contributed by atoms with E-state index in [0.717, 1.165) is 47.0 Å². The molecule has 0 N–H and O–H groups in total. The van der Waals surface area contributed by atoms with Crippen molar-refractivity contribution >= 4 is 22.5 Å². The van der Waals surface area contributed by atoms with Crippen LogP contribution in [0.3, 0.4) is 0 Å². The fourth-order valence-electron chi connectivity index (χ4n) is 4.18. The maximum Gasteiger partial charge on any atom is 0.213 e. The van der Waals surface area contributed by atoms with Crippen LogP contribution in [-0.4, -0.2) is 44.9 Å². The normalized spacial score (nSPS) is 19.9. The number of hydrogen-bond donors (Lipinski definition) is 0. The minimum atomic E-state index is 0.142. The van der Waals surface area contributed by atoms with Gasteiger partial charge in [-0.3, -0.25) is 0 Å². The Bertz CT molecular complexity index is 1190. The molecule has 2 aromatic heterocycles. The van der Waals surface area contributed by atoms with Gasteiger partial charge in [-0.15, -0.1) is 10.2 Å². The zero-order valence-electron chi connectivity index (χ0n) is 17.3. The van der Waals surface area contributed by atoms with Crippen LogP contribution < -0.4 is 4.90 Å². The van der Waals surface area contributed by atoms with Crippen LogP contribution in [0.2, 0.25) is 0 Å². The van der Waals surface area contributed by atoms with Gasteiger partial charge in [0.05, 0.1) is 17.7 Å². The van der Waals surface area contributed by atoms with Gasteiger partial charge < -0.3 is 9.64 Å². The van der Waals surface area contributed by atoms with Crippen LogP contribution in [0.5, 0.6) is 0 Å². The van der Waals surface area contributed by atoms with Gasteiger partial charge in [-0.1, -0.05) is 41.5 Å². The molecular formula is C23H25N5O. The summed E-state index contributed by atoms with van der Waals surface area (Å²) in [5.74, 6) is 1.69. The van der Waals surface area contributed by atoms with Gasteiger partial charge in [0.15, 0.2) is 11.5 Å². The van der Waals surface area contributed by atoms with Crippen LogP contribution in [0.1, 0.15) is 25.0 Å². The number of nitrogens with zero attached hydrogens (tertiary/aromatic N) is 5. The zero-order chi connectivity index (χ0) is 20.1. The van der Waals surface area contributed by atoms with Crippen LogP contribution in [-0.2, 0) is 4.74 Å². The van der Waals surface area contributed by atoms with Crippen molar-refractivity contribution in [2.24, 2.45) is 0 Å². The highest BCUT2D eigenvalue weighted by Gasteiger charge is 2.27. The smallest absolute Gasteiger partial charge is 0.213 e. The van der Waals surface area contributed by atoms with E-state index in [1.165, 1.54) is 11.1 Å². The predicted octanol–water partition coefficient (Wildman–Crippen LogP) is 4.17. The summed E-state index contributed by atoms with van der Waals surface area (Å²) < 4.78 is 8.06. The fraction of sp³-hybridized carbons (Fsp3) is 0.348. The first-order valence-corrected chi connectivity index (χ1v) is 10.1. The number of fused-ring (bicyclic) bond motifs is 3. The highest BCUT2D eigenvalue weighted by molar-refractivity contribution is 5.94. The Morgan fingerprint density at radius 3 is 2.31 bits per heavy atom. The highest BCUT2D eigenvalue weighted by Crippen LogP contribution is 2.30. The zero-order valence-corrected chi connectivity index (χ0v) is 17.3. The first kappa shape index (κ1) is 18.1. The molecule has 2 aromatic carbocycles. The highest BCUT2D eigenvalue weighted by atomic mass is 16.5. The van der Waals surface area contributed by atoms with E-state index in [4.69, 9.17) is 9.72 Å². The van der Waals surface area contributed by atoms with Crippen molar-refractivity contribution in [2.75, 3.05) is 18.0 Å². The first-order valence-electron chi connectivity index (χ1n) is 10.1. The van der Waals surface area contributed by atoms with Gasteiger partial charge in [-0.05, 0) is 39.8 Å². The van der Waals surface area contributed by atoms with E-state index < -0.39 is 0 Å². The van der Waals surface area contributed by atoms with Gasteiger partial charge in [0.2, 0.25) is 5.95 Å². The lowest BCUT2D eigenvalue weighted by Crippen LogP contribution is -2.46. The molecule has 6 heteroatoms. The van der Waals surface area contributed by atoms with Gasteiger partial charge in [0.1, 0.15) is 0 Å². The summed E-state index contributed by atoms with van der Waals surface area (Å²) in [6.45, 7) is 9.97. The predicted molar refractivity (Wildman–Crippen MR) is 115 cm³/mol. The number of aromatic nitrogens is 4. The van der Waals surface area contributed by atoms with Gasteiger partial charge >= 0.3 is 0 Å². The second-order valence-corrected chi connectivity index (χ2v) is 8.14. The van der Waals surface area contributed by atoms with Crippen molar-refractivity contribution in [3.63, 3.8) is 0 Å². The SMILES string of the molecule is Cc1ccc(-c2nnc3c4cc(C)ccc4nc(N4CC(C)OC(C)C4)n23)cc1. The average Bonchev–Trinajstić information content (AvgIpc) is 3.13. The van der Waals surface area contributed by atoms with Crippen molar-refractivity contribution in [1.29, 1.82) is 0 Å². The Morgan fingerprint density at radius 1 is 0.897 bits per heavy atom. The van der Waals surface area contributed by atoms with E-state index in [9.17, 15) is 0 Å². The van der Waals surface area contributed by atoms with Gasteiger partial charge in [0.25, 0.3) is 0 Å². The fourth-order valence-corrected chi connectivity index (χ4v) is 4.18. The molecule has 0 saturated carbocycles. The van der Waals surface area contributed by atoms with Crippen molar-refractivity contribution in [3.8, 4) is 11.4 Å². The van der Waals surface area contributed by atoms with Crippen molar-refractivity contribution in [1.82, 2.24) is 19.6 Å². The molecule has 1 saturated heterocycles. The molecule has 6 nitrogen and oxygen atoms in total. The van der Waals surface area contributed by atoms with Crippen LogP contribution in [0.15, 0.2) is 42.5 Å². The summed E-state index contributed by atoms with van der Waals surface area (Å²) >= 11 is 0. The summed E-state index contributed by atoms with van der Waals surface area (Å²) in [6, 6.07) is 14.7. The molecule has 2 atom stereocenters. The standard InChI is InChI=1S/C23H25N5O/c1-14-5-8-18(9-6-14)21-25-26-22-19-11-15(2)7-10-20(19)24-23(28(21)22)27-12-16(3)29-17(4)13-27/h5-11,16-17H,12-13H2,1-4H3. The van der Waals surface area contributed by atoms with Crippen LogP contribution in [0.4, 0.5) is 5.95 Å². The summed E-state index contributed by atoms with van der Waals surface area (Å²) in [5, 5.41) is 10.2. The molecule has 1 aliphatic rings. The molecule has 1 fully saturated rings. The number of aryl methyl sites for hydroxylation is 2. The molecule has 29 heavy (non-hydrogen) atoms. The second kappa shape index (κ2) is 6.81. The topological polar surface area (TPSA) is 55.5 Å². The molecule has 4 aromatic rings. The largest absolute Gasteiger partial charge is 0.372 e. The summed E-state index contributed by atoms with van der Waals surface area (Å²) in [4.78, 5) is 7.36. The molecule has 0 radical (unpaired) electrons. The monoisotopic (exact) mass is 387 g/mol. The van der Waals surface area contributed by atoms with Gasteiger partial charge in [-0.25, -0.2) is 9.38 Å². The Balaban J connectivity index is 1.80. The minimum Gasteiger partial charge on any atom is -0.372 e. The molecular weight excluding hydrogens is 362 g/mol. The van der Waals surface area contributed by atoms with Crippen LogP contribution in [0.25, 0.3) is 27.9 Å². The van der Waals surface area contributed by atoms with Crippen LogP contribution >= 0.6 is 0 Å². The number of anilines is 1. The summed E-state index contributed by atoms with van der Waals surface area (Å²) in [7, 11) is 0. The van der Waals surface area contributed by atoms with Crippen LogP contribution in [0, 0.1) is 13.8 Å². The molecule has 148 valence electrons. The number of benzene rings is 2. The molecule has 3 heterocycles. The van der Waals surface area contributed by atoms with Crippen molar-refractivity contribution < 1.29 is 4.74 Å². The Morgan fingerprint density at radius 2 is 1.59 bits per heavy atom. The third-order valence-electron chi connectivity index (χ3n) is 5.49. The molecule has 0 spiro atoms. The van der Waals surface area contributed by atoms with Gasteiger partial charge in [-0.2, -0.15) is 0 Å². The minimum absolute atomic E-state index is 0.142. The number of morpholine rings is 1. The maximum absolute atomic E-state index is 5.95. The van der Waals surface area contributed by atoms with E-state index in [-0.39, 0.29) is 12.2 Å². The lowest BCUT2D eigenvalue weighted by Gasteiger charge is -2.36. The molecule has 2 unspecified atom stereocenters. The lowest BCUT2D eigenvalue weighted by molar-refractivity contribution is -0.00576. The lowest BCUT2D eigenvalue weighted by atomic mass is 10.1. The van der Waals surface area contributed by atoms with Crippen molar-refractivity contribution in [3.05, 3.63) is 53.6 Å². The Labute approximate surface area is 170 Å². The summed E-state index contributed by atoms with van der Waals surface area (Å²) in [5.41, 5.74) is 5.22. The molecule has 5 rings (SSSR count). The quantitative estimate of drug-likeness (QED) is 0.517. The first-order chi connectivity index (χ1) is 14.0. The molecule has 1 aliphatic heterocycles. The van der Waals surface area contributed by atoms with Crippen molar-refractivity contribution in [2.45, 2.75) is 39.9 Å². The second-order valence-electron chi connectivity index (χ2n) is 8.14. The van der Waals surface area contributed by atoms with E-state index in [1.54, 1.807) is 0 Å². The van der Waals surface area contributed by atoms with E-state index >= 15 is 0 Å². The average molecular weight is 387 g/mol. The van der Waals surface area contributed by atoms with E-state index in [1.807, 2.05) is 0 Å². The van der Waals surface area contributed by atoms with Gasteiger partial charge in [0, 0.05) is 24.0 Å². The van der Waals surface area contributed by atoms with E-state index in [2.05, 4.69) is 89.7 Å². The molecule has 0 bridgehead atoms. The summed E-state index contributed by atoms with van der Waals surface area (Å²) in [6.07, 6.45) is 0.284. The molecule has 0 aliphatic carbocycles. The third kappa shape index (κ3) is 3.13. The number of hydrogen-bond acceptors (Lipinski definition) is 5. The Kier molecular flexibility index (Phi) is 4.24. The maximum atomic E-state index is 5.95. The third-order valence-corrected chi connectivity index (χ3v) is 5.49. The Hall–Kier alpha value is -2.99. The number of ether oxygens (including phenoxy) is 1.